The number of hydrogen-bond donors (Lipinski definition) is 1. The lowest BCUT2D eigenvalue weighted by atomic mass is 9.75. The highest BCUT2D eigenvalue weighted by Gasteiger charge is 2.43. The maximum absolute atomic E-state index is 13.3. The van der Waals surface area contributed by atoms with Crippen LogP contribution in [0.3, 0.4) is 0 Å². The number of nitrogens with zero attached hydrogens (tertiary/aromatic N) is 2. The minimum atomic E-state index is -0.804. The molecule has 1 aliphatic rings. The van der Waals surface area contributed by atoms with Crippen LogP contribution in [0.1, 0.15) is 39.2 Å². The number of aromatic nitrogens is 1. The Morgan fingerprint density at radius 2 is 1.62 bits per heavy atom. The molecule has 0 amide bonds. The summed E-state index contributed by atoms with van der Waals surface area (Å²) in [6, 6.07) is 11.2. The third kappa shape index (κ3) is 6.11. The first-order valence-corrected chi connectivity index (χ1v) is 14.4. The summed E-state index contributed by atoms with van der Waals surface area (Å²) >= 11 is 1.41. The molecule has 42 heavy (non-hydrogen) atoms. The van der Waals surface area contributed by atoms with Gasteiger partial charge >= 0.3 is 11.9 Å². The van der Waals surface area contributed by atoms with Crippen molar-refractivity contribution in [2.24, 2.45) is 10.9 Å². The van der Waals surface area contributed by atoms with Crippen LogP contribution in [-0.4, -0.2) is 57.2 Å². The Bertz CT molecular complexity index is 1500. The van der Waals surface area contributed by atoms with E-state index in [1.165, 1.54) is 11.3 Å². The first-order chi connectivity index (χ1) is 20.3. The van der Waals surface area contributed by atoms with Crippen LogP contribution >= 0.6 is 11.3 Å². The Morgan fingerprint density at radius 1 is 0.952 bits per heavy atom. The largest absolute Gasteiger partial charge is 0.493 e. The Kier molecular flexibility index (Phi) is 9.84. The number of rotatable bonds is 11. The highest BCUT2D eigenvalue weighted by Crippen LogP contribution is 2.45. The van der Waals surface area contributed by atoms with Crippen molar-refractivity contribution >= 4 is 39.8 Å². The van der Waals surface area contributed by atoms with Crippen molar-refractivity contribution in [3.8, 4) is 28.5 Å². The molecule has 0 aliphatic carbocycles. The molecule has 222 valence electrons. The van der Waals surface area contributed by atoms with Crippen molar-refractivity contribution in [3.63, 3.8) is 0 Å². The fraction of sp³-hybridized carbons (Fsp3) is 0.355. The van der Waals surface area contributed by atoms with Gasteiger partial charge in [0.1, 0.15) is 5.92 Å². The SMILES string of the molecule is CCOC(=O)C1=C(C)N=C(C)C(C(=O)OCC)C1c1ccccc1Nc1nc(-c2cc(OC)c(OC)c(OC)c2)cs1. The van der Waals surface area contributed by atoms with Crippen LogP contribution in [0.25, 0.3) is 11.3 Å². The number of methoxy groups -OCH3 is 3. The molecule has 2 atom stereocenters. The van der Waals surface area contributed by atoms with Crippen LogP contribution in [0.5, 0.6) is 17.2 Å². The van der Waals surface area contributed by atoms with Gasteiger partial charge in [-0.15, -0.1) is 11.3 Å². The number of thiazole rings is 1. The predicted molar refractivity (Wildman–Crippen MR) is 162 cm³/mol. The summed E-state index contributed by atoms with van der Waals surface area (Å²) in [6.45, 7) is 7.42. The number of carbonyl (C=O) groups excluding carboxylic acids is 2. The van der Waals surface area contributed by atoms with E-state index < -0.39 is 23.8 Å². The van der Waals surface area contributed by atoms with E-state index in [1.807, 2.05) is 41.8 Å². The van der Waals surface area contributed by atoms with Crippen LogP contribution in [0, 0.1) is 5.92 Å². The van der Waals surface area contributed by atoms with Gasteiger partial charge < -0.3 is 29.0 Å². The van der Waals surface area contributed by atoms with Gasteiger partial charge in [0.15, 0.2) is 16.6 Å². The molecule has 0 saturated carbocycles. The first-order valence-electron chi connectivity index (χ1n) is 13.5. The van der Waals surface area contributed by atoms with Crippen molar-refractivity contribution in [1.82, 2.24) is 4.98 Å². The third-order valence-electron chi connectivity index (χ3n) is 6.87. The summed E-state index contributed by atoms with van der Waals surface area (Å²) in [7, 11) is 4.68. The Morgan fingerprint density at radius 3 is 2.24 bits per heavy atom. The molecule has 0 bridgehead atoms. The number of ether oxygens (including phenoxy) is 5. The maximum Gasteiger partial charge on any atom is 0.336 e. The second-order valence-corrected chi connectivity index (χ2v) is 10.2. The molecule has 1 aliphatic heterocycles. The molecule has 0 fully saturated rings. The maximum atomic E-state index is 13.3. The van der Waals surface area contributed by atoms with Crippen molar-refractivity contribution in [3.05, 3.63) is 58.6 Å². The van der Waals surface area contributed by atoms with E-state index >= 15 is 0 Å². The Labute approximate surface area is 249 Å². The summed E-state index contributed by atoms with van der Waals surface area (Å²) < 4.78 is 27.3. The highest BCUT2D eigenvalue weighted by molar-refractivity contribution is 7.14. The van der Waals surface area contributed by atoms with Crippen molar-refractivity contribution in [2.45, 2.75) is 33.6 Å². The van der Waals surface area contributed by atoms with E-state index in [-0.39, 0.29) is 13.2 Å². The molecule has 1 aromatic heterocycles. The zero-order chi connectivity index (χ0) is 30.4. The van der Waals surface area contributed by atoms with Gasteiger partial charge in [0, 0.05) is 34.0 Å². The topological polar surface area (TPSA) is 118 Å². The van der Waals surface area contributed by atoms with Gasteiger partial charge in [-0.2, -0.15) is 0 Å². The number of allylic oxidation sites excluding steroid dienone is 1. The molecule has 0 saturated heterocycles. The van der Waals surface area contributed by atoms with Gasteiger partial charge in [0.25, 0.3) is 0 Å². The summed E-state index contributed by atoms with van der Waals surface area (Å²) in [5, 5.41) is 5.93. The molecule has 0 radical (unpaired) electrons. The minimum absolute atomic E-state index is 0.192. The zero-order valence-electron chi connectivity index (χ0n) is 24.8. The molecule has 11 heteroatoms. The second-order valence-electron chi connectivity index (χ2n) is 9.34. The number of carbonyl (C=O) groups is 2. The second kappa shape index (κ2) is 13.5. The summed E-state index contributed by atoms with van der Waals surface area (Å²) in [4.78, 5) is 35.9. The standard InChI is InChI=1S/C31H35N3O7S/c1-8-40-29(35)25-17(3)32-18(4)26(30(36)41-9-2)27(25)20-12-10-11-13-21(20)33-31-34-22(16-42-31)19-14-23(37-5)28(39-7)24(15-19)38-6/h10-16,25,27H,8-9H2,1-7H3,(H,33,34). The van der Waals surface area contributed by atoms with Gasteiger partial charge in [-0.05, 0) is 51.5 Å². The monoisotopic (exact) mass is 593 g/mol. The minimum Gasteiger partial charge on any atom is -0.493 e. The van der Waals surface area contributed by atoms with Gasteiger partial charge in [0.05, 0.1) is 45.8 Å². The van der Waals surface area contributed by atoms with Gasteiger partial charge in [-0.1, -0.05) is 18.2 Å². The molecule has 2 unspecified atom stereocenters. The van der Waals surface area contributed by atoms with Crippen molar-refractivity contribution < 1.29 is 33.3 Å². The van der Waals surface area contributed by atoms with Crippen LogP contribution in [0.4, 0.5) is 10.8 Å². The van der Waals surface area contributed by atoms with Crippen LogP contribution < -0.4 is 19.5 Å². The molecule has 4 rings (SSSR count). The Hall–Kier alpha value is -4.38. The highest BCUT2D eigenvalue weighted by atomic mass is 32.1. The van der Waals surface area contributed by atoms with E-state index in [0.29, 0.717) is 50.7 Å². The fourth-order valence-corrected chi connectivity index (χ4v) is 5.81. The first kappa shape index (κ1) is 30.6. The lowest BCUT2D eigenvalue weighted by Crippen LogP contribution is -2.36. The summed E-state index contributed by atoms with van der Waals surface area (Å²) in [6.07, 6.45) is 0. The van der Waals surface area contributed by atoms with Gasteiger partial charge in [0.2, 0.25) is 5.75 Å². The summed E-state index contributed by atoms with van der Waals surface area (Å²) in [5.74, 6) is -0.915. The number of para-hydroxylation sites is 1. The molecule has 2 aromatic carbocycles. The van der Waals surface area contributed by atoms with E-state index in [4.69, 9.17) is 28.7 Å². The van der Waals surface area contributed by atoms with Gasteiger partial charge in [-0.3, -0.25) is 9.79 Å². The quantitative estimate of drug-likeness (QED) is 0.261. The van der Waals surface area contributed by atoms with Gasteiger partial charge in [-0.25, -0.2) is 9.78 Å². The number of hydrogen-bond acceptors (Lipinski definition) is 11. The molecule has 1 N–H and O–H groups in total. The van der Waals surface area contributed by atoms with Crippen LogP contribution in [0.15, 0.2) is 58.0 Å². The fourth-order valence-electron chi connectivity index (χ4n) is 5.07. The molecule has 2 heterocycles. The number of anilines is 2. The smallest absolute Gasteiger partial charge is 0.336 e. The number of benzene rings is 2. The third-order valence-corrected chi connectivity index (χ3v) is 7.62. The number of esters is 2. The Balaban J connectivity index is 1.76. The van der Waals surface area contributed by atoms with Crippen molar-refractivity contribution in [2.75, 3.05) is 39.9 Å². The average molecular weight is 594 g/mol. The molecular formula is C31H35N3O7S. The number of nitrogens with one attached hydrogen (secondary N) is 1. The lowest BCUT2D eigenvalue weighted by molar-refractivity contribution is -0.146. The van der Waals surface area contributed by atoms with E-state index in [1.54, 1.807) is 49.0 Å². The molecule has 0 spiro atoms. The summed E-state index contributed by atoms with van der Waals surface area (Å²) in [5.41, 5.74) is 4.29. The van der Waals surface area contributed by atoms with Crippen LogP contribution in [0.2, 0.25) is 0 Å². The molecular weight excluding hydrogens is 558 g/mol. The lowest BCUT2D eigenvalue weighted by Gasteiger charge is -2.32. The average Bonchev–Trinajstić information content (AvgIpc) is 3.44. The zero-order valence-corrected chi connectivity index (χ0v) is 25.6. The van der Waals surface area contributed by atoms with E-state index in [9.17, 15) is 9.59 Å². The molecule has 3 aromatic rings. The predicted octanol–water partition coefficient (Wildman–Crippen LogP) is 6.15. The van der Waals surface area contributed by atoms with Crippen molar-refractivity contribution in [1.29, 1.82) is 0 Å². The van der Waals surface area contributed by atoms with Crippen LogP contribution in [-0.2, 0) is 19.1 Å². The van der Waals surface area contributed by atoms with E-state index in [0.717, 1.165) is 11.1 Å². The van der Waals surface area contributed by atoms with E-state index in [2.05, 4.69) is 10.3 Å². The molecule has 10 nitrogen and oxygen atoms in total. The normalized spacial score (nSPS) is 16.4. The number of aliphatic imine (C=N–C) groups is 1.